The summed E-state index contributed by atoms with van der Waals surface area (Å²) in [7, 11) is 1.66. The predicted molar refractivity (Wildman–Crippen MR) is 117 cm³/mol. The molecule has 0 saturated carbocycles. The highest BCUT2D eigenvalue weighted by atomic mass is 32.2. The second-order valence-electron chi connectivity index (χ2n) is 6.59. The Balaban J connectivity index is 1.90. The molecule has 0 spiro atoms. The van der Waals surface area contributed by atoms with Crippen LogP contribution in [0.2, 0.25) is 0 Å². The number of hydrogen-bond donors (Lipinski definition) is 1. The molecule has 156 valence electrons. The highest BCUT2D eigenvalue weighted by molar-refractivity contribution is 8.23. The number of carbonyl (C=O) groups is 2. The molecule has 2 aliphatic heterocycles. The number of thioether (sulfide) groups is 1. The van der Waals surface area contributed by atoms with Gasteiger partial charge in [-0.25, -0.2) is 9.59 Å². The number of hydrogen-bond acceptors (Lipinski definition) is 6. The SMILES string of the molecule is CCOC(=O)C1=C(CSC(=S)N2CCOCC2)N(C)C(=O)NC1c1ccccc1. The molecular weight excluding hydrogens is 410 g/mol. The molecule has 29 heavy (non-hydrogen) atoms. The molecule has 0 radical (unpaired) electrons. The van der Waals surface area contributed by atoms with Crippen molar-refractivity contribution in [3.05, 3.63) is 47.2 Å². The van der Waals surface area contributed by atoms with Crippen LogP contribution in [0.5, 0.6) is 0 Å². The van der Waals surface area contributed by atoms with E-state index in [2.05, 4.69) is 10.2 Å². The van der Waals surface area contributed by atoms with Gasteiger partial charge in [-0.15, -0.1) is 0 Å². The van der Waals surface area contributed by atoms with Gasteiger partial charge in [0.25, 0.3) is 0 Å². The molecule has 1 N–H and O–H groups in total. The van der Waals surface area contributed by atoms with E-state index in [4.69, 9.17) is 21.7 Å². The molecule has 9 heteroatoms. The van der Waals surface area contributed by atoms with Gasteiger partial charge in [0.1, 0.15) is 4.32 Å². The van der Waals surface area contributed by atoms with E-state index in [-0.39, 0.29) is 12.6 Å². The Hall–Kier alpha value is -2.10. The first-order valence-corrected chi connectivity index (χ1v) is 10.9. The van der Waals surface area contributed by atoms with Crippen LogP contribution in [0.1, 0.15) is 18.5 Å². The lowest BCUT2D eigenvalue weighted by Crippen LogP contribution is -2.47. The largest absolute Gasteiger partial charge is 0.463 e. The molecule has 2 aliphatic rings. The lowest BCUT2D eigenvalue weighted by atomic mass is 9.95. The number of esters is 1. The minimum absolute atomic E-state index is 0.258. The second-order valence-corrected chi connectivity index (χ2v) is 8.20. The maximum absolute atomic E-state index is 12.9. The number of benzene rings is 1. The minimum atomic E-state index is -0.563. The molecule has 0 aromatic heterocycles. The summed E-state index contributed by atoms with van der Waals surface area (Å²) < 4.78 is 11.4. The average molecular weight is 436 g/mol. The van der Waals surface area contributed by atoms with E-state index < -0.39 is 12.0 Å². The lowest BCUT2D eigenvalue weighted by molar-refractivity contribution is -0.139. The summed E-state index contributed by atoms with van der Waals surface area (Å²) in [6.45, 7) is 4.82. The molecule has 2 heterocycles. The van der Waals surface area contributed by atoms with Crippen LogP contribution in [0.25, 0.3) is 0 Å². The van der Waals surface area contributed by atoms with Crippen LogP contribution in [-0.4, -0.2) is 71.8 Å². The van der Waals surface area contributed by atoms with Crippen molar-refractivity contribution in [3.8, 4) is 0 Å². The van der Waals surface area contributed by atoms with Gasteiger partial charge in [-0.1, -0.05) is 54.3 Å². The second kappa shape index (κ2) is 10.1. The van der Waals surface area contributed by atoms with Crippen molar-refractivity contribution in [2.75, 3.05) is 45.7 Å². The topological polar surface area (TPSA) is 71.1 Å². The molecule has 1 saturated heterocycles. The summed E-state index contributed by atoms with van der Waals surface area (Å²) in [5.74, 6) is -0.0292. The molecule has 1 aromatic carbocycles. The van der Waals surface area contributed by atoms with Crippen LogP contribution in [0.15, 0.2) is 41.6 Å². The van der Waals surface area contributed by atoms with E-state index in [9.17, 15) is 9.59 Å². The molecule has 0 aliphatic carbocycles. The first-order chi connectivity index (χ1) is 14.0. The Kier molecular flexibility index (Phi) is 7.51. The van der Waals surface area contributed by atoms with E-state index in [1.807, 2.05) is 30.3 Å². The lowest BCUT2D eigenvalue weighted by Gasteiger charge is -2.35. The number of urea groups is 1. The first-order valence-electron chi connectivity index (χ1n) is 9.51. The van der Waals surface area contributed by atoms with Crippen LogP contribution < -0.4 is 5.32 Å². The Bertz CT molecular complexity index is 794. The van der Waals surface area contributed by atoms with Gasteiger partial charge in [0.05, 0.1) is 31.4 Å². The van der Waals surface area contributed by atoms with E-state index >= 15 is 0 Å². The van der Waals surface area contributed by atoms with E-state index in [1.54, 1.807) is 14.0 Å². The highest BCUT2D eigenvalue weighted by Gasteiger charge is 2.36. The Labute approximate surface area is 180 Å². The number of carbonyl (C=O) groups excluding carboxylic acids is 2. The molecular formula is C20H25N3O4S2. The molecule has 1 atom stereocenters. The quantitative estimate of drug-likeness (QED) is 0.563. The van der Waals surface area contributed by atoms with Crippen molar-refractivity contribution < 1.29 is 19.1 Å². The third-order valence-corrected chi connectivity index (χ3v) is 6.34. The van der Waals surface area contributed by atoms with E-state index in [1.165, 1.54) is 16.7 Å². The van der Waals surface area contributed by atoms with Crippen LogP contribution in [0, 0.1) is 0 Å². The van der Waals surface area contributed by atoms with Crippen LogP contribution >= 0.6 is 24.0 Å². The number of nitrogens with zero attached hydrogens (tertiary/aromatic N) is 2. The van der Waals surface area contributed by atoms with Crippen molar-refractivity contribution >= 4 is 40.3 Å². The monoisotopic (exact) mass is 435 g/mol. The van der Waals surface area contributed by atoms with Crippen LogP contribution in [-0.2, 0) is 14.3 Å². The van der Waals surface area contributed by atoms with Crippen molar-refractivity contribution in [1.82, 2.24) is 15.1 Å². The molecule has 1 fully saturated rings. The van der Waals surface area contributed by atoms with Gasteiger partial charge in [0.2, 0.25) is 0 Å². The third kappa shape index (κ3) is 5.09. The number of amides is 2. The van der Waals surface area contributed by atoms with Crippen molar-refractivity contribution in [1.29, 1.82) is 0 Å². The highest BCUT2D eigenvalue weighted by Crippen LogP contribution is 2.32. The molecule has 2 amide bonds. The summed E-state index contributed by atoms with van der Waals surface area (Å²) in [4.78, 5) is 29.0. The van der Waals surface area contributed by atoms with Gasteiger partial charge >= 0.3 is 12.0 Å². The molecule has 0 bridgehead atoms. The molecule has 7 nitrogen and oxygen atoms in total. The van der Waals surface area contributed by atoms with Crippen LogP contribution in [0.4, 0.5) is 4.79 Å². The van der Waals surface area contributed by atoms with E-state index in [0.717, 1.165) is 23.0 Å². The summed E-state index contributed by atoms with van der Waals surface area (Å²) in [6.07, 6.45) is 0. The van der Waals surface area contributed by atoms with Crippen molar-refractivity contribution in [2.45, 2.75) is 13.0 Å². The summed E-state index contributed by atoms with van der Waals surface area (Å²) >= 11 is 7.01. The summed E-state index contributed by atoms with van der Waals surface area (Å²) in [5, 5.41) is 2.91. The van der Waals surface area contributed by atoms with Crippen LogP contribution in [0.3, 0.4) is 0 Å². The fourth-order valence-corrected chi connectivity index (χ4v) is 4.58. The van der Waals surface area contributed by atoms with Gasteiger partial charge in [-0.05, 0) is 12.5 Å². The van der Waals surface area contributed by atoms with Gasteiger partial charge in [0.15, 0.2) is 0 Å². The molecule has 3 rings (SSSR count). The number of rotatable bonds is 5. The van der Waals surface area contributed by atoms with Gasteiger partial charge in [-0.3, -0.25) is 4.90 Å². The fraction of sp³-hybridized carbons (Fsp3) is 0.450. The molecule has 1 unspecified atom stereocenters. The summed E-state index contributed by atoms with van der Waals surface area (Å²) in [6, 6.07) is 8.60. The molecule has 1 aromatic rings. The van der Waals surface area contributed by atoms with Crippen molar-refractivity contribution in [3.63, 3.8) is 0 Å². The number of thiocarbonyl (C=S) groups is 1. The number of nitrogens with one attached hydrogen (secondary N) is 1. The van der Waals surface area contributed by atoms with E-state index in [0.29, 0.717) is 30.2 Å². The predicted octanol–water partition coefficient (Wildman–Crippen LogP) is 2.55. The number of ether oxygens (including phenoxy) is 2. The van der Waals surface area contributed by atoms with Crippen molar-refractivity contribution in [2.24, 2.45) is 0 Å². The Morgan fingerprint density at radius 1 is 1.31 bits per heavy atom. The smallest absolute Gasteiger partial charge is 0.338 e. The standard InChI is InChI=1S/C20H25N3O4S2/c1-3-27-18(24)16-15(13-29-20(28)23-9-11-26-12-10-23)22(2)19(25)21-17(16)14-7-5-4-6-8-14/h4-8,17H,3,9-13H2,1-2H3,(H,21,25). The van der Waals surface area contributed by atoms with Gasteiger partial charge < -0.3 is 19.7 Å². The zero-order valence-corrected chi connectivity index (χ0v) is 18.2. The number of morpholine rings is 1. The first kappa shape index (κ1) is 21.6. The van der Waals surface area contributed by atoms with Gasteiger partial charge in [-0.2, -0.15) is 0 Å². The maximum atomic E-state index is 12.9. The average Bonchev–Trinajstić information content (AvgIpc) is 2.75. The summed E-state index contributed by atoms with van der Waals surface area (Å²) in [5.41, 5.74) is 1.88. The Morgan fingerprint density at radius 3 is 2.66 bits per heavy atom. The normalized spacial score (nSPS) is 19.8. The zero-order chi connectivity index (χ0) is 20.8. The Morgan fingerprint density at radius 2 is 2.00 bits per heavy atom. The fourth-order valence-electron chi connectivity index (χ4n) is 3.24. The third-order valence-electron chi connectivity index (χ3n) is 4.81. The minimum Gasteiger partial charge on any atom is -0.463 e. The maximum Gasteiger partial charge on any atom is 0.338 e. The zero-order valence-electron chi connectivity index (χ0n) is 16.6. The van der Waals surface area contributed by atoms with Gasteiger partial charge in [0, 0.05) is 31.6 Å².